The number of carbonyl (C=O) groups is 1. The van der Waals surface area contributed by atoms with Crippen molar-refractivity contribution in [2.24, 2.45) is 5.92 Å². The molecule has 164 valence electrons. The second-order valence-electron chi connectivity index (χ2n) is 8.43. The van der Waals surface area contributed by atoms with Gasteiger partial charge >= 0.3 is 0 Å². The first-order chi connectivity index (χ1) is 15.6. The lowest BCUT2D eigenvalue weighted by Gasteiger charge is -2.31. The van der Waals surface area contributed by atoms with Gasteiger partial charge in [0.1, 0.15) is 11.3 Å². The third-order valence-corrected chi connectivity index (χ3v) is 6.85. The van der Waals surface area contributed by atoms with E-state index in [0.29, 0.717) is 22.7 Å². The van der Waals surface area contributed by atoms with E-state index in [0.717, 1.165) is 54.8 Å². The summed E-state index contributed by atoms with van der Waals surface area (Å²) in [5.74, 6) is 2.34. The lowest BCUT2D eigenvalue weighted by molar-refractivity contribution is 0.0657. The quantitative estimate of drug-likeness (QED) is 0.334. The minimum absolute atomic E-state index is 0.0169. The Morgan fingerprint density at radius 3 is 2.69 bits per heavy atom. The van der Waals surface area contributed by atoms with Crippen molar-refractivity contribution in [1.82, 2.24) is 9.88 Å². The summed E-state index contributed by atoms with van der Waals surface area (Å²) in [7, 11) is 0. The van der Waals surface area contributed by atoms with Gasteiger partial charge in [-0.2, -0.15) is 0 Å². The average molecular weight is 447 g/mol. The molecule has 0 N–H and O–H groups in total. The molecule has 0 saturated carbocycles. The van der Waals surface area contributed by atoms with Crippen LogP contribution in [-0.2, 0) is 12.2 Å². The van der Waals surface area contributed by atoms with Crippen LogP contribution in [0.5, 0.6) is 0 Å². The van der Waals surface area contributed by atoms with E-state index in [1.54, 1.807) is 6.07 Å². The number of likely N-dealkylation sites (tertiary alicyclic amines) is 1. The Kier molecular flexibility index (Phi) is 6.04. The van der Waals surface area contributed by atoms with E-state index in [-0.39, 0.29) is 5.91 Å². The van der Waals surface area contributed by atoms with Crippen molar-refractivity contribution in [1.29, 1.82) is 0 Å². The van der Waals surface area contributed by atoms with Gasteiger partial charge in [-0.3, -0.25) is 4.79 Å². The molecule has 1 aliphatic heterocycles. The topological polar surface area (TPSA) is 59.5 Å². The molecule has 3 heterocycles. The van der Waals surface area contributed by atoms with E-state index in [1.165, 1.54) is 17.3 Å². The smallest absolute Gasteiger partial charge is 0.289 e. The van der Waals surface area contributed by atoms with Gasteiger partial charge in [0.05, 0.1) is 5.75 Å². The molecule has 5 rings (SSSR count). The van der Waals surface area contributed by atoms with Crippen LogP contribution in [-0.4, -0.2) is 28.9 Å². The van der Waals surface area contributed by atoms with Gasteiger partial charge in [-0.15, -0.1) is 0 Å². The average Bonchev–Trinajstić information content (AvgIpc) is 3.45. The Morgan fingerprint density at radius 2 is 1.88 bits per heavy atom. The maximum atomic E-state index is 12.9. The summed E-state index contributed by atoms with van der Waals surface area (Å²) >= 11 is 1.47. The molecule has 0 aliphatic carbocycles. The normalized spacial score (nSPS) is 14.8. The van der Waals surface area contributed by atoms with Crippen LogP contribution >= 0.6 is 11.8 Å². The summed E-state index contributed by atoms with van der Waals surface area (Å²) < 4.78 is 11.6. The second-order valence-corrected chi connectivity index (χ2v) is 9.36. The van der Waals surface area contributed by atoms with Gasteiger partial charge in [-0.1, -0.05) is 48.2 Å². The molecule has 0 atom stereocenters. The Hall–Kier alpha value is -2.99. The van der Waals surface area contributed by atoms with Gasteiger partial charge in [-0.05, 0) is 67.5 Å². The van der Waals surface area contributed by atoms with Crippen LogP contribution in [0.1, 0.15) is 40.3 Å². The summed E-state index contributed by atoms with van der Waals surface area (Å²) in [6.07, 6.45) is 3.14. The molecule has 32 heavy (non-hydrogen) atoms. The molecule has 2 aromatic heterocycles. The monoisotopic (exact) mass is 446 g/mol. The third kappa shape index (κ3) is 4.75. The number of benzene rings is 2. The van der Waals surface area contributed by atoms with Gasteiger partial charge in [0.2, 0.25) is 0 Å². The van der Waals surface area contributed by atoms with Crippen molar-refractivity contribution in [3.8, 4) is 0 Å². The van der Waals surface area contributed by atoms with Gasteiger partial charge in [0.15, 0.2) is 11.3 Å². The SMILES string of the molecule is Cc1ccc2oc(SCc3ccc(C(=O)N4CCC(Cc5ccccc5)CC4)o3)nc2c1. The number of amides is 1. The number of hydrogen-bond acceptors (Lipinski definition) is 5. The number of hydrogen-bond donors (Lipinski definition) is 0. The maximum Gasteiger partial charge on any atom is 0.289 e. The van der Waals surface area contributed by atoms with Crippen LogP contribution in [0.3, 0.4) is 0 Å². The van der Waals surface area contributed by atoms with Gasteiger partial charge in [0, 0.05) is 13.1 Å². The molecular weight excluding hydrogens is 420 g/mol. The van der Waals surface area contributed by atoms with Crippen molar-refractivity contribution < 1.29 is 13.6 Å². The predicted molar refractivity (Wildman–Crippen MR) is 126 cm³/mol. The number of aromatic nitrogens is 1. The molecule has 2 aromatic carbocycles. The molecule has 1 fully saturated rings. The number of carbonyl (C=O) groups excluding carboxylic acids is 1. The highest BCUT2D eigenvalue weighted by molar-refractivity contribution is 7.98. The second kappa shape index (κ2) is 9.25. The fourth-order valence-corrected chi connectivity index (χ4v) is 4.96. The molecule has 4 aromatic rings. The van der Waals surface area contributed by atoms with Crippen molar-refractivity contribution in [2.45, 2.75) is 37.2 Å². The van der Waals surface area contributed by atoms with E-state index in [2.05, 4.69) is 35.3 Å². The molecule has 1 amide bonds. The minimum atomic E-state index is -0.0169. The van der Waals surface area contributed by atoms with Crippen LogP contribution in [0.25, 0.3) is 11.1 Å². The molecule has 0 unspecified atom stereocenters. The number of furan rings is 1. The minimum Gasteiger partial charge on any atom is -0.455 e. The number of aryl methyl sites for hydroxylation is 1. The Bertz CT molecular complexity index is 1210. The number of oxazole rings is 1. The maximum absolute atomic E-state index is 12.9. The first kappa shape index (κ1) is 20.9. The lowest BCUT2D eigenvalue weighted by atomic mass is 9.90. The van der Waals surface area contributed by atoms with Crippen molar-refractivity contribution in [3.05, 3.63) is 83.3 Å². The number of nitrogens with zero attached hydrogens (tertiary/aromatic N) is 2. The number of rotatable bonds is 6. The zero-order valence-corrected chi connectivity index (χ0v) is 18.9. The van der Waals surface area contributed by atoms with E-state index in [9.17, 15) is 4.79 Å². The van der Waals surface area contributed by atoms with E-state index in [4.69, 9.17) is 8.83 Å². The van der Waals surface area contributed by atoms with Crippen LogP contribution < -0.4 is 0 Å². The van der Waals surface area contributed by atoms with E-state index in [1.807, 2.05) is 36.1 Å². The van der Waals surface area contributed by atoms with Crippen LogP contribution in [0.15, 0.2) is 74.7 Å². The lowest BCUT2D eigenvalue weighted by Crippen LogP contribution is -2.38. The van der Waals surface area contributed by atoms with Crippen LogP contribution in [0.2, 0.25) is 0 Å². The third-order valence-electron chi connectivity index (χ3n) is 6.00. The van der Waals surface area contributed by atoms with Gasteiger partial charge in [-0.25, -0.2) is 4.98 Å². The molecule has 0 spiro atoms. The zero-order chi connectivity index (χ0) is 21.9. The zero-order valence-electron chi connectivity index (χ0n) is 18.1. The van der Waals surface area contributed by atoms with E-state index < -0.39 is 0 Å². The molecule has 5 nitrogen and oxygen atoms in total. The fourth-order valence-electron chi connectivity index (χ4n) is 4.22. The molecule has 1 saturated heterocycles. The number of thioether (sulfide) groups is 1. The molecule has 1 aliphatic rings. The van der Waals surface area contributed by atoms with Gasteiger partial charge < -0.3 is 13.7 Å². The van der Waals surface area contributed by atoms with Crippen LogP contribution in [0, 0.1) is 12.8 Å². The highest BCUT2D eigenvalue weighted by Crippen LogP contribution is 2.28. The Balaban J connectivity index is 1.14. The summed E-state index contributed by atoms with van der Waals surface area (Å²) in [5.41, 5.74) is 4.17. The molecule has 0 bridgehead atoms. The fraction of sp³-hybridized carbons (Fsp3) is 0.308. The number of piperidine rings is 1. The summed E-state index contributed by atoms with van der Waals surface area (Å²) in [6, 6.07) is 20.2. The van der Waals surface area contributed by atoms with Crippen molar-refractivity contribution in [2.75, 3.05) is 13.1 Å². The standard InChI is InChI=1S/C26H26N2O3S/c1-18-7-9-23-22(15-18)27-26(31-23)32-17-21-8-10-24(30-21)25(29)28-13-11-20(12-14-28)16-19-5-3-2-4-6-19/h2-10,15,20H,11-14,16-17H2,1H3. The van der Waals surface area contributed by atoms with E-state index >= 15 is 0 Å². The van der Waals surface area contributed by atoms with Crippen molar-refractivity contribution in [3.63, 3.8) is 0 Å². The molecule has 6 heteroatoms. The van der Waals surface area contributed by atoms with Gasteiger partial charge in [0.25, 0.3) is 11.1 Å². The Labute approximate surface area is 191 Å². The Morgan fingerprint density at radius 1 is 1.06 bits per heavy atom. The molecular formula is C26H26N2O3S. The summed E-state index contributed by atoms with van der Waals surface area (Å²) in [4.78, 5) is 19.3. The highest BCUT2D eigenvalue weighted by atomic mass is 32.2. The largest absolute Gasteiger partial charge is 0.455 e. The first-order valence-electron chi connectivity index (χ1n) is 11.1. The predicted octanol–water partition coefficient (Wildman–Crippen LogP) is 6.12. The van der Waals surface area contributed by atoms with Crippen molar-refractivity contribution >= 4 is 28.8 Å². The highest BCUT2D eigenvalue weighted by Gasteiger charge is 2.25. The summed E-state index contributed by atoms with van der Waals surface area (Å²) in [5, 5.41) is 0.607. The molecule has 0 radical (unpaired) electrons. The number of fused-ring (bicyclic) bond motifs is 1. The van der Waals surface area contributed by atoms with Crippen LogP contribution in [0.4, 0.5) is 0 Å². The first-order valence-corrected chi connectivity index (χ1v) is 12.0. The summed E-state index contributed by atoms with van der Waals surface area (Å²) in [6.45, 7) is 3.60.